The average Bonchev–Trinajstić information content (AvgIpc) is 2.41. The van der Waals surface area contributed by atoms with E-state index in [-0.39, 0.29) is 0 Å². The molecule has 1 rings (SSSR count). The number of halogens is 1. The molecule has 0 aliphatic carbocycles. The third-order valence-corrected chi connectivity index (χ3v) is 3.41. The fraction of sp³-hybridized carbons (Fsp3) is 0.900. The lowest BCUT2D eigenvalue weighted by molar-refractivity contribution is -0.128. The van der Waals surface area contributed by atoms with Gasteiger partial charge < -0.3 is 4.90 Å². The quantitative estimate of drug-likeness (QED) is 0.699. The number of hydrogen-bond donors (Lipinski definition) is 0. The SMILES string of the molecule is CCC(CC)CN1CC(Br)CC1=O. The summed E-state index contributed by atoms with van der Waals surface area (Å²) < 4.78 is 0. The second-order valence-electron chi connectivity index (χ2n) is 3.78. The number of likely N-dealkylation sites (tertiary alicyclic amines) is 1. The van der Waals surface area contributed by atoms with Gasteiger partial charge in [0.15, 0.2) is 0 Å². The van der Waals surface area contributed by atoms with Crippen LogP contribution in [0.5, 0.6) is 0 Å². The number of carbonyl (C=O) groups excluding carboxylic acids is 1. The molecule has 1 fully saturated rings. The highest BCUT2D eigenvalue weighted by Crippen LogP contribution is 2.20. The van der Waals surface area contributed by atoms with Crippen LogP contribution in [0.2, 0.25) is 0 Å². The molecule has 1 amide bonds. The molecule has 0 N–H and O–H groups in total. The van der Waals surface area contributed by atoms with Gasteiger partial charge in [0.1, 0.15) is 0 Å². The zero-order chi connectivity index (χ0) is 9.84. The van der Waals surface area contributed by atoms with Crippen molar-refractivity contribution in [1.29, 1.82) is 0 Å². The summed E-state index contributed by atoms with van der Waals surface area (Å²) in [5.41, 5.74) is 0. The molecule has 0 radical (unpaired) electrons. The summed E-state index contributed by atoms with van der Waals surface area (Å²) in [4.78, 5) is 13.8. The van der Waals surface area contributed by atoms with E-state index in [1.54, 1.807) is 0 Å². The minimum atomic E-state index is 0.314. The second-order valence-corrected chi connectivity index (χ2v) is 5.08. The molecular weight excluding hydrogens is 230 g/mol. The van der Waals surface area contributed by atoms with E-state index in [0.717, 1.165) is 13.1 Å². The first-order chi connectivity index (χ1) is 6.17. The van der Waals surface area contributed by atoms with Gasteiger partial charge >= 0.3 is 0 Å². The molecule has 2 nitrogen and oxygen atoms in total. The van der Waals surface area contributed by atoms with E-state index in [9.17, 15) is 4.79 Å². The van der Waals surface area contributed by atoms with Crippen LogP contribution in [0.4, 0.5) is 0 Å². The van der Waals surface area contributed by atoms with Gasteiger partial charge in [-0.15, -0.1) is 0 Å². The van der Waals surface area contributed by atoms with Crippen LogP contribution in [0, 0.1) is 5.92 Å². The smallest absolute Gasteiger partial charge is 0.223 e. The van der Waals surface area contributed by atoms with Gasteiger partial charge in [-0.25, -0.2) is 0 Å². The van der Waals surface area contributed by atoms with Crippen molar-refractivity contribution in [2.75, 3.05) is 13.1 Å². The predicted molar refractivity (Wildman–Crippen MR) is 58.0 cm³/mol. The van der Waals surface area contributed by atoms with E-state index in [0.29, 0.717) is 23.1 Å². The number of carbonyl (C=O) groups is 1. The van der Waals surface area contributed by atoms with Gasteiger partial charge in [-0.05, 0) is 5.92 Å². The molecule has 13 heavy (non-hydrogen) atoms. The molecule has 1 saturated heterocycles. The van der Waals surface area contributed by atoms with Crippen LogP contribution in [0.1, 0.15) is 33.1 Å². The van der Waals surface area contributed by atoms with Crippen molar-refractivity contribution < 1.29 is 4.79 Å². The summed E-state index contributed by atoms with van der Waals surface area (Å²) in [5.74, 6) is 0.996. The van der Waals surface area contributed by atoms with Crippen molar-refractivity contribution in [3.8, 4) is 0 Å². The molecule has 0 aromatic carbocycles. The number of rotatable bonds is 4. The van der Waals surface area contributed by atoms with Crippen molar-refractivity contribution in [2.24, 2.45) is 5.92 Å². The van der Waals surface area contributed by atoms with Crippen molar-refractivity contribution >= 4 is 21.8 Å². The van der Waals surface area contributed by atoms with Crippen molar-refractivity contribution in [3.05, 3.63) is 0 Å². The van der Waals surface area contributed by atoms with Crippen molar-refractivity contribution in [2.45, 2.75) is 37.9 Å². The lowest BCUT2D eigenvalue weighted by Crippen LogP contribution is -2.30. The lowest BCUT2D eigenvalue weighted by atomic mass is 10.0. The Balaban J connectivity index is 2.40. The van der Waals surface area contributed by atoms with Crippen LogP contribution >= 0.6 is 15.9 Å². The second kappa shape index (κ2) is 4.99. The maximum atomic E-state index is 11.4. The summed E-state index contributed by atoms with van der Waals surface area (Å²) >= 11 is 3.49. The number of nitrogens with zero attached hydrogens (tertiary/aromatic N) is 1. The molecule has 76 valence electrons. The molecule has 0 aromatic heterocycles. The molecule has 0 bridgehead atoms. The minimum absolute atomic E-state index is 0.314. The summed E-state index contributed by atoms with van der Waals surface area (Å²) in [7, 11) is 0. The van der Waals surface area contributed by atoms with E-state index in [2.05, 4.69) is 29.8 Å². The Kier molecular flexibility index (Phi) is 4.23. The van der Waals surface area contributed by atoms with E-state index in [4.69, 9.17) is 0 Å². The Morgan fingerprint density at radius 2 is 2.15 bits per heavy atom. The fourth-order valence-electron chi connectivity index (χ4n) is 1.76. The molecule has 1 aliphatic rings. The average molecular weight is 248 g/mol. The zero-order valence-electron chi connectivity index (χ0n) is 8.42. The fourth-order valence-corrected chi connectivity index (χ4v) is 2.39. The molecule has 3 heteroatoms. The van der Waals surface area contributed by atoms with Crippen molar-refractivity contribution in [1.82, 2.24) is 4.90 Å². The van der Waals surface area contributed by atoms with Gasteiger partial charge in [0, 0.05) is 24.3 Å². The number of hydrogen-bond acceptors (Lipinski definition) is 1. The maximum Gasteiger partial charge on any atom is 0.223 e. The van der Waals surface area contributed by atoms with E-state index >= 15 is 0 Å². The molecule has 1 heterocycles. The highest BCUT2D eigenvalue weighted by Gasteiger charge is 2.28. The number of amides is 1. The van der Waals surface area contributed by atoms with E-state index < -0.39 is 0 Å². The number of alkyl halides is 1. The minimum Gasteiger partial charge on any atom is -0.341 e. The van der Waals surface area contributed by atoms with Crippen LogP contribution in [0.25, 0.3) is 0 Å². The van der Waals surface area contributed by atoms with Gasteiger partial charge in [0.25, 0.3) is 0 Å². The topological polar surface area (TPSA) is 20.3 Å². The zero-order valence-corrected chi connectivity index (χ0v) is 10.0. The first-order valence-electron chi connectivity index (χ1n) is 5.09. The summed E-state index contributed by atoms with van der Waals surface area (Å²) in [6, 6.07) is 0. The largest absolute Gasteiger partial charge is 0.341 e. The molecule has 1 unspecified atom stereocenters. The van der Waals surface area contributed by atoms with Crippen molar-refractivity contribution in [3.63, 3.8) is 0 Å². The normalized spacial score (nSPS) is 23.2. The third-order valence-electron chi connectivity index (χ3n) is 2.80. The van der Waals surface area contributed by atoms with E-state index in [1.807, 2.05) is 4.90 Å². The van der Waals surface area contributed by atoms with Gasteiger partial charge in [0.05, 0.1) is 0 Å². The van der Waals surface area contributed by atoms with Crippen LogP contribution in [0.15, 0.2) is 0 Å². The molecular formula is C10H18BrNO. The molecule has 0 aromatic rings. The van der Waals surface area contributed by atoms with Crippen LogP contribution in [-0.2, 0) is 4.79 Å². The predicted octanol–water partition coefficient (Wildman–Crippen LogP) is 2.42. The van der Waals surface area contributed by atoms with Gasteiger partial charge in [-0.2, -0.15) is 0 Å². The monoisotopic (exact) mass is 247 g/mol. The Morgan fingerprint density at radius 1 is 1.54 bits per heavy atom. The van der Waals surface area contributed by atoms with E-state index in [1.165, 1.54) is 12.8 Å². The Hall–Kier alpha value is -0.0500. The molecule has 1 atom stereocenters. The van der Waals surface area contributed by atoms with Gasteiger partial charge in [0.2, 0.25) is 5.91 Å². The first-order valence-corrected chi connectivity index (χ1v) is 6.00. The summed E-state index contributed by atoms with van der Waals surface area (Å²) in [6.07, 6.45) is 3.03. The van der Waals surface area contributed by atoms with Crippen LogP contribution in [-0.4, -0.2) is 28.7 Å². The first kappa shape index (κ1) is 11.0. The Morgan fingerprint density at radius 3 is 2.54 bits per heavy atom. The van der Waals surface area contributed by atoms with Gasteiger partial charge in [-0.1, -0.05) is 42.6 Å². The molecule has 0 spiro atoms. The standard InChI is InChI=1S/C10H18BrNO/c1-3-8(4-2)6-12-7-9(11)5-10(12)13/h8-9H,3-7H2,1-2H3. The highest BCUT2D eigenvalue weighted by molar-refractivity contribution is 9.09. The molecule has 1 aliphatic heterocycles. The lowest BCUT2D eigenvalue weighted by Gasteiger charge is -2.21. The van der Waals surface area contributed by atoms with Gasteiger partial charge in [-0.3, -0.25) is 4.79 Å². The maximum absolute atomic E-state index is 11.4. The summed E-state index contributed by atoms with van der Waals surface area (Å²) in [5, 5.41) is 0. The summed E-state index contributed by atoms with van der Waals surface area (Å²) in [6.45, 7) is 6.24. The molecule has 0 saturated carbocycles. The highest BCUT2D eigenvalue weighted by atomic mass is 79.9. The Labute approximate surface area is 88.8 Å². The third kappa shape index (κ3) is 2.97. The Bertz CT molecular complexity index is 180. The van der Waals surface area contributed by atoms with Crippen LogP contribution < -0.4 is 0 Å². The van der Waals surface area contributed by atoms with Crippen LogP contribution in [0.3, 0.4) is 0 Å².